The van der Waals surface area contributed by atoms with E-state index in [-0.39, 0.29) is 11.3 Å². The number of aliphatic hydroxyl groups excluding tert-OH is 1. The molecule has 9 heteroatoms. The van der Waals surface area contributed by atoms with E-state index < -0.39 is 6.29 Å². The number of benzene rings is 2. The van der Waals surface area contributed by atoms with E-state index in [1.54, 1.807) is 12.5 Å². The molecule has 5 aromatic rings. The molecular weight excluding hydrogens is 510 g/mol. The molecule has 2 aromatic carbocycles. The number of H-pyrrole nitrogens is 1. The molecule has 0 saturated carbocycles. The van der Waals surface area contributed by atoms with E-state index in [1.165, 1.54) is 18.4 Å². The number of ether oxygens (including phenoxy) is 1. The molecule has 1 atom stereocenters. The Labute approximate surface area is 231 Å². The van der Waals surface area contributed by atoms with Crippen LogP contribution in [0.15, 0.2) is 61.1 Å². The molecule has 0 bridgehead atoms. The minimum absolute atomic E-state index is 0.0342. The number of rotatable bonds is 7. The van der Waals surface area contributed by atoms with Gasteiger partial charge in [-0.25, -0.2) is 15.0 Å². The summed E-state index contributed by atoms with van der Waals surface area (Å²) in [6.07, 6.45) is 2.39. The van der Waals surface area contributed by atoms with E-state index >= 15 is 0 Å². The summed E-state index contributed by atoms with van der Waals surface area (Å²) in [7, 11) is 1.46. The fourth-order valence-electron chi connectivity index (χ4n) is 4.31. The highest BCUT2D eigenvalue weighted by molar-refractivity contribution is 7.13. The first-order chi connectivity index (χ1) is 18.6. The zero-order valence-electron chi connectivity index (χ0n) is 22.6. The normalized spacial score (nSPS) is 12.6. The lowest BCUT2D eigenvalue weighted by atomic mass is 9.96. The van der Waals surface area contributed by atoms with E-state index in [0.29, 0.717) is 17.1 Å². The van der Waals surface area contributed by atoms with Crippen LogP contribution in [0.5, 0.6) is 0 Å². The minimum Gasteiger partial charge on any atom is -0.364 e. The van der Waals surface area contributed by atoms with E-state index in [0.717, 1.165) is 49.6 Å². The van der Waals surface area contributed by atoms with Crippen LogP contribution in [0.2, 0.25) is 0 Å². The van der Waals surface area contributed by atoms with Crippen LogP contribution in [-0.4, -0.2) is 38.1 Å². The molecule has 0 saturated heterocycles. The molecule has 0 aliphatic heterocycles. The van der Waals surface area contributed by atoms with Crippen LogP contribution in [0.4, 0.5) is 0 Å². The lowest BCUT2D eigenvalue weighted by Gasteiger charge is -2.14. The number of fused-ring (bicyclic) bond motifs is 1. The lowest BCUT2D eigenvalue weighted by Crippen LogP contribution is -2.23. The summed E-state index contributed by atoms with van der Waals surface area (Å²) in [6.45, 7) is 8.78. The van der Waals surface area contributed by atoms with E-state index in [9.17, 15) is 9.90 Å². The third-order valence-electron chi connectivity index (χ3n) is 6.65. The highest BCUT2D eigenvalue weighted by Crippen LogP contribution is 2.32. The van der Waals surface area contributed by atoms with Gasteiger partial charge in [-0.1, -0.05) is 57.2 Å². The molecular formula is C30H31N5O3S. The van der Waals surface area contributed by atoms with Gasteiger partial charge in [0.2, 0.25) is 0 Å². The smallest absolute Gasteiger partial charge is 0.280 e. The van der Waals surface area contributed by atoms with Gasteiger partial charge in [0.25, 0.3) is 5.91 Å². The molecule has 0 fully saturated rings. The SMILES string of the molecule is COC(O)c1ccc(-c2cc3c(-c4ccc(CNC(=O)c5ncc(C(C)(C)C)s5)c(C)c4)ncnc3[nH]2)cc1. The predicted molar refractivity (Wildman–Crippen MR) is 153 cm³/mol. The maximum atomic E-state index is 12.7. The molecule has 3 heterocycles. The van der Waals surface area contributed by atoms with Gasteiger partial charge in [0.1, 0.15) is 12.0 Å². The summed E-state index contributed by atoms with van der Waals surface area (Å²) in [4.78, 5) is 30.5. The number of aliphatic hydroxyl groups is 1. The number of amides is 1. The van der Waals surface area contributed by atoms with Gasteiger partial charge in [0.05, 0.1) is 5.69 Å². The average Bonchev–Trinajstić information content (AvgIpc) is 3.60. The molecule has 0 radical (unpaired) electrons. The Hall–Kier alpha value is -3.92. The van der Waals surface area contributed by atoms with E-state index in [2.05, 4.69) is 52.1 Å². The van der Waals surface area contributed by atoms with Crippen molar-refractivity contribution in [3.05, 3.63) is 87.6 Å². The summed E-state index contributed by atoms with van der Waals surface area (Å²) in [6, 6.07) is 15.7. The third-order valence-corrected chi connectivity index (χ3v) is 8.07. The number of aromatic nitrogens is 4. The number of hydrogen-bond donors (Lipinski definition) is 3. The molecule has 39 heavy (non-hydrogen) atoms. The first-order valence-electron chi connectivity index (χ1n) is 12.6. The Morgan fingerprint density at radius 2 is 1.82 bits per heavy atom. The highest BCUT2D eigenvalue weighted by Gasteiger charge is 2.20. The zero-order chi connectivity index (χ0) is 27.7. The van der Waals surface area contributed by atoms with Crippen molar-refractivity contribution < 1.29 is 14.6 Å². The summed E-state index contributed by atoms with van der Waals surface area (Å²) < 4.78 is 4.98. The summed E-state index contributed by atoms with van der Waals surface area (Å²) in [5.74, 6) is -0.166. The number of nitrogens with one attached hydrogen (secondary N) is 2. The van der Waals surface area contributed by atoms with Crippen molar-refractivity contribution in [3.63, 3.8) is 0 Å². The number of aryl methyl sites for hydroxylation is 1. The highest BCUT2D eigenvalue weighted by atomic mass is 32.1. The second-order valence-electron chi connectivity index (χ2n) is 10.5. The van der Waals surface area contributed by atoms with Gasteiger partial charge >= 0.3 is 0 Å². The number of carbonyl (C=O) groups excluding carboxylic acids is 1. The summed E-state index contributed by atoms with van der Waals surface area (Å²) >= 11 is 1.43. The maximum Gasteiger partial charge on any atom is 0.280 e. The zero-order valence-corrected chi connectivity index (χ0v) is 23.4. The van der Waals surface area contributed by atoms with Crippen LogP contribution in [0.3, 0.4) is 0 Å². The number of carbonyl (C=O) groups is 1. The lowest BCUT2D eigenvalue weighted by molar-refractivity contribution is -0.0769. The maximum absolute atomic E-state index is 12.7. The number of methoxy groups -OCH3 is 1. The summed E-state index contributed by atoms with van der Waals surface area (Å²) in [5.41, 5.74) is 7.12. The first kappa shape index (κ1) is 26.7. The van der Waals surface area contributed by atoms with Crippen molar-refractivity contribution in [3.8, 4) is 22.5 Å². The molecule has 200 valence electrons. The molecule has 0 aliphatic carbocycles. The van der Waals surface area contributed by atoms with E-state index in [1.807, 2.05) is 49.4 Å². The van der Waals surface area contributed by atoms with Gasteiger partial charge in [-0.2, -0.15) is 0 Å². The molecule has 1 unspecified atom stereocenters. The number of aromatic amines is 1. The Kier molecular flexibility index (Phi) is 7.31. The standard InChI is InChI=1S/C30H31N5O3S/c1-17-12-20(10-11-21(17)14-31-27(36)28-32-15-24(39-28)30(2,3)4)25-22-13-23(35-26(22)34-16-33-25)18-6-8-19(9-7-18)29(37)38-5/h6-13,15-16,29,37H,14H2,1-5H3,(H,31,36)(H,33,34,35). The molecule has 0 aliphatic rings. The van der Waals surface area contributed by atoms with Gasteiger partial charge in [-0.05, 0) is 41.2 Å². The molecule has 1 amide bonds. The Morgan fingerprint density at radius 1 is 1.08 bits per heavy atom. The van der Waals surface area contributed by atoms with Crippen molar-refractivity contribution in [2.75, 3.05) is 7.11 Å². The predicted octanol–water partition coefficient (Wildman–Crippen LogP) is 5.92. The topological polar surface area (TPSA) is 113 Å². The van der Waals surface area contributed by atoms with Crippen LogP contribution < -0.4 is 5.32 Å². The fraction of sp³-hybridized carbons (Fsp3) is 0.267. The third kappa shape index (κ3) is 5.61. The fourth-order valence-corrected chi connectivity index (χ4v) is 5.20. The molecule has 3 N–H and O–H groups in total. The van der Waals surface area contributed by atoms with Crippen molar-refractivity contribution in [1.82, 2.24) is 25.3 Å². The molecule has 8 nitrogen and oxygen atoms in total. The molecule has 0 spiro atoms. The Balaban J connectivity index is 1.35. The number of thiazole rings is 1. The Morgan fingerprint density at radius 3 is 2.49 bits per heavy atom. The second kappa shape index (κ2) is 10.7. The van der Waals surface area contributed by atoms with Crippen molar-refractivity contribution in [1.29, 1.82) is 0 Å². The van der Waals surface area contributed by atoms with Crippen LogP contribution >= 0.6 is 11.3 Å². The average molecular weight is 542 g/mol. The number of nitrogens with zero attached hydrogens (tertiary/aromatic N) is 3. The summed E-state index contributed by atoms with van der Waals surface area (Å²) in [5, 5.41) is 14.3. The minimum atomic E-state index is -0.951. The van der Waals surface area contributed by atoms with Gasteiger partial charge in [0, 0.05) is 46.9 Å². The Bertz CT molecular complexity index is 1630. The van der Waals surface area contributed by atoms with Crippen LogP contribution in [0.25, 0.3) is 33.5 Å². The molecule has 5 rings (SSSR count). The van der Waals surface area contributed by atoms with Gasteiger partial charge in [-0.15, -0.1) is 11.3 Å². The monoisotopic (exact) mass is 541 g/mol. The van der Waals surface area contributed by atoms with Crippen LogP contribution in [0.1, 0.15) is 58.4 Å². The van der Waals surface area contributed by atoms with Crippen molar-refractivity contribution in [2.45, 2.75) is 45.9 Å². The first-order valence-corrected chi connectivity index (χ1v) is 13.4. The van der Waals surface area contributed by atoms with E-state index in [4.69, 9.17) is 4.74 Å². The van der Waals surface area contributed by atoms with Gasteiger partial charge in [0.15, 0.2) is 11.3 Å². The van der Waals surface area contributed by atoms with Crippen molar-refractivity contribution in [2.24, 2.45) is 0 Å². The van der Waals surface area contributed by atoms with Crippen molar-refractivity contribution >= 4 is 28.3 Å². The largest absolute Gasteiger partial charge is 0.364 e. The molecule has 3 aromatic heterocycles. The van der Waals surface area contributed by atoms with Crippen LogP contribution in [0, 0.1) is 6.92 Å². The van der Waals surface area contributed by atoms with Gasteiger partial charge < -0.3 is 20.1 Å². The van der Waals surface area contributed by atoms with Gasteiger partial charge in [-0.3, -0.25) is 4.79 Å². The second-order valence-corrected chi connectivity index (χ2v) is 11.5. The quantitative estimate of drug-likeness (QED) is 0.220. The number of hydrogen-bond acceptors (Lipinski definition) is 7. The van der Waals surface area contributed by atoms with Crippen LogP contribution in [-0.2, 0) is 16.7 Å².